The zero-order chi connectivity index (χ0) is 16.7. The number of carbonyl (C=O) groups excluding carboxylic acids is 2. The zero-order valence-corrected chi connectivity index (χ0v) is 13.4. The van der Waals surface area contributed by atoms with E-state index in [1.165, 1.54) is 5.06 Å². The number of aliphatic hydroxyl groups excluding tert-OH is 1. The molecule has 0 saturated carbocycles. The van der Waals surface area contributed by atoms with E-state index in [4.69, 9.17) is 9.57 Å². The van der Waals surface area contributed by atoms with Crippen molar-refractivity contribution in [2.75, 3.05) is 0 Å². The summed E-state index contributed by atoms with van der Waals surface area (Å²) >= 11 is 0. The maximum absolute atomic E-state index is 11.8. The molecule has 126 valence electrons. The molecule has 2 heterocycles. The van der Waals surface area contributed by atoms with Crippen LogP contribution in [0.3, 0.4) is 0 Å². The fourth-order valence-corrected chi connectivity index (χ4v) is 3.26. The van der Waals surface area contributed by atoms with Gasteiger partial charge in [-0.2, -0.15) is 5.06 Å². The molecule has 0 aromatic carbocycles. The van der Waals surface area contributed by atoms with Crippen molar-refractivity contribution in [3.63, 3.8) is 0 Å². The van der Waals surface area contributed by atoms with Crippen LogP contribution in [0.4, 0.5) is 4.79 Å². The van der Waals surface area contributed by atoms with Crippen LogP contribution in [-0.2, 0) is 14.4 Å². The molecule has 0 aromatic heterocycles. The summed E-state index contributed by atoms with van der Waals surface area (Å²) in [6, 6.07) is 0. The van der Waals surface area contributed by atoms with E-state index in [2.05, 4.69) is 0 Å². The quantitative estimate of drug-likeness (QED) is 0.743. The van der Waals surface area contributed by atoms with Gasteiger partial charge in [0.1, 0.15) is 6.10 Å². The molecular weight excluding hydrogens is 292 g/mol. The van der Waals surface area contributed by atoms with Gasteiger partial charge in [0.25, 0.3) is 5.91 Å². The number of amides is 1. The summed E-state index contributed by atoms with van der Waals surface area (Å²) in [6.07, 6.45) is -1.36. The Morgan fingerprint density at radius 1 is 1.23 bits per heavy atom. The predicted octanol–water partition coefficient (Wildman–Crippen LogP) is 1.41. The molecule has 2 N–H and O–H groups in total. The second-order valence-corrected chi connectivity index (χ2v) is 7.16. The monoisotopic (exact) mass is 316 g/mol. The van der Waals surface area contributed by atoms with Crippen molar-refractivity contribution < 1.29 is 29.5 Å². The summed E-state index contributed by atoms with van der Waals surface area (Å²) in [6.45, 7) is 7.40. The molecule has 2 rings (SSSR count). The topological polar surface area (TPSA) is 99.5 Å². The van der Waals surface area contributed by atoms with Crippen LogP contribution in [0.1, 0.15) is 53.4 Å². The van der Waals surface area contributed by atoms with Crippen LogP contribution in [0.5, 0.6) is 0 Å². The zero-order valence-electron chi connectivity index (χ0n) is 13.4. The summed E-state index contributed by atoms with van der Waals surface area (Å²) in [4.78, 5) is 28.1. The molecule has 0 spiro atoms. The number of ether oxygens (including phenoxy) is 1. The van der Waals surface area contributed by atoms with Gasteiger partial charge in [0, 0.05) is 36.8 Å². The van der Waals surface area contributed by atoms with Crippen LogP contribution < -0.4 is 0 Å². The average Bonchev–Trinajstić information content (AvgIpc) is 2.67. The van der Waals surface area contributed by atoms with Gasteiger partial charge >= 0.3 is 6.16 Å². The van der Waals surface area contributed by atoms with Gasteiger partial charge in [0.05, 0.1) is 0 Å². The fraction of sp³-hybridized carbons (Fsp3) is 0.857. The minimum Gasteiger partial charge on any atom is -0.429 e. The Hall–Kier alpha value is -1.38. The molecule has 8 nitrogen and oxygen atoms in total. The van der Waals surface area contributed by atoms with Crippen LogP contribution in [-0.4, -0.2) is 55.9 Å². The first-order valence-electron chi connectivity index (χ1n) is 7.41. The van der Waals surface area contributed by atoms with E-state index < -0.39 is 35.5 Å². The maximum Gasteiger partial charge on any atom is 0.533 e. The third-order valence-electron chi connectivity index (χ3n) is 4.17. The highest BCUT2D eigenvalue weighted by atomic mass is 16.8. The molecule has 2 aliphatic heterocycles. The van der Waals surface area contributed by atoms with Crippen LogP contribution in [0.15, 0.2) is 0 Å². The number of carbonyl (C=O) groups is 2. The number of hydrogen-bond donors (Lipinski definition) is 2. The molecule has 0 radical (unpaired) electrons. The lowest BCUT2D eigenvalue weighted by atomic mass is 9.80. The van der Waals surface area contributed by atoms with Gasteiger partial charge in [-0.05, 0) is 27.7 Å². The molecule has 1 atom stereocenters. The van der Waals surface area contributed by atoms with E-state index >= 15 is 0 Å². The molecule has 22 heavy (non-hydrogen) atoms. The fourth-order valence-electron chi connectivity index (χ4n) is 3.26. The van der Waals surface area contributed by atoms with Crippen molar-refractivity contribution in [1.82, 2.24) is 10.1 Å². The predicted molar refractivity (Wildman–Crippen MR) is 74.5 cm³/mol. The van der Waals surface area contributed by atoms with Gasteiger partial charge in [0.15, 0.2) is 6.23 Å². The van der Waals surface area contributed by atoms with E-state index in [9.17, 15) is 19.9 Å². The third-order valence-corrected chi connectivity index (χ3v) is 4.17. The summed E-state index contributed by atoms with van der Waals surface area (Å²) in [7, 11) is 0. The molecule has 0 bridgehead atoms. The van der Waals surface area contributed by atoms with Crippen LogP contribution in [0.25, 0.3) is 0 Å². The minimum atomic E-state index is -1.12. The van der Waals surface area contributed by atoms with Crippen LogP contribution >= 0.6 is 0 Å². The minimum absolute atomic E-state index is 0.136. The highest BCUT2D eigenvalue weighted by Gasteiger charge is 2.47. The van der Waals surface area contributed by atoms with Gasteiger partial charge in [-0.15, -0.1) is 5.06 Å². The number of hydroxylamine groups is 4. The maximum atomic E-state index is 11.8. The lowest BCUT2D eigenvalue weighted by Gasteiger charge is -2.50. The van der Waals surface area contributed by atoms with Crippen LogP contribution in [0.2, 0.25) is 0 Å². The summed E-state index contributed by atoms with van der Waals surface area (Å²) in [5.41, 5.74) is -1.12. The number of aliphatic hydroxyl groups is 1. The van der Waals surface area contributed by atoms with Crippen molar-refractivity contribution in [3.8, 4) is 0 Å². The number of nitrogens with zero attached hydrogens (tertiary/aromatic N) is 2. The Labute approximate surface area is 129 Å². The van der Waals surface area contributed by atoms with Gasteiger partial charge < -0.3 is 19.9 Å². The van der Waals surface area contributed by atoms with E-state index in [1.54, 1.807) is 0 Å². The van der Waals surface area contributed by atoms with Gasteiger partial charge in [-0.1, -0.05) is 0 Å². The van der Waals surface area contributed by atoms with Gasteiger partial charge in [-0.3, -0.25) is 4.79 Å². The van der Waals surface area contributed by atoms with E-state index in [0.29, 0.717) is 17.9 Å². The molecule has 1 amide bonds. The molecule has 1 unspecified atom stereocenters. The van der Waals surface area contributed by atoms with Gasteiger partial charge in [0.2, 0.25) is 0 Å². The lowest BCUT2D eigenvalue weighted by molar-refractivity contribution is -0.261. The largest absolute Gasteiger partial charge is 0.533 e. The Kier molecular flexibility index (Phi) is 4.38. The molecule has 2 fully saturated rings. The van der Waals surface area contributed by atoms with Crippen molar-refractivity contribution in [1.29, 1.82) is 0 Å². The summed E-state index contributed by atoms with van der Waals surface area (Å²) < 4.78 is 5.27. The molecule has 2 aliphatic rings. The Bertz CT molecular complexity index is 446. The van der Waals surface area contributed by atoms with E-state index in [1.807, 2.05) is 27.7 Å². The van der Waals surface area contributed by atoms with Crippen molar-refractivity contribution in [2.24, 2.45) is 0 Å². The highest BCUT2D eigenvalue weighted by Crippen LogP contribution is 2.38. The first kappa shape index (κ1) is 17.0. The molecule has 0 aromatic rings. The lowest BCUT2D eigenvalue weighted by Crippen LogP contribution is -2.60. The number of hydrogen-bond acceptors (Lipinski definition) is 7. The Balaban J connectivity index is 1.96. The third kappa shape index (κ3) is 3.34. The standard InChI is InChI=1S/C14H24N2O6/c1-13(2)7-9(8-14(3,4)16(13)20)21-12(19)22-15-10(17)5-6-11(15)18/h9-10,17,20H,5-8H2,1-4H3. The smallest absolute Gasteiger partial charge is 0.429 e. The highest BCUT2D eigenvalue weighted by molar-refractivity contribution is 5.78. The van der Waals surface area contributed by atoms with Crippen molar-refractivity contribution in [3.05, 3.63) is 0 Å². The molecule has 2 saturated heterocycles. The first-order valence-corrected chi connectivity index (χ1v) is 7.41. The second-order valence-electron chi connectivity index (χ2n) is 7.16. The molecule has 0 aliphatic carbocycles. The van der Waals surface area contributed by atoms with Gasteiger partial charge in [-0.25, -0.2) is 4.79 Å². The second kappa shape index (κ2) is 5.68. The number of rotatable bonds is 2. The van der Waals surface area contributed by atoms with Crippen molar-refractivity contribution in [2.45, 2.75) is 76.8 Å². The Morgan fingerprint density at radius 2 is 1.77 bits per heavy atom. The van der Waals surface area contributed by atoms with E-state index in [-0.39, 0.29) is 12.8 Å². The first-order chi connectivity index (χ1) is 10.0. The molecular formula is C14H24N2O6. The Morgan fingerprint density at radius 3 is 2.23 bits per heavy atom. The SMILES string of the molecule is CC1(C)CC(OC(=O)ON2C(=O)CCC2O)CC(C)(C)N1O. The van der Waals surface area contributed by atoms with E-state index in [0.717, 1.165) is 0 Å². The molecule has 8 heteroatoms. The summed E-state index contributed by atoms with van der Waals surface area (Å²) in [5.74, 6) is -0.449. The normalized spacial score (nSPS) is 28.7. The number of piperidine rings is 1. The van der Waals surface area contributed by atoms with Crippen molar-refractivity contribution >= 4 is 12.1 Å². The van der Waals surface area contributed by atoms with Crippen LogP contribution in [0, 0.1) is 0 Å². The average molecular weight is 316 g/mol. The summed E-state index contributed by atoms with van der Waals surface area (Å²) in [5, 5.41) is 21.7.